The molecule has 14 rings (SSSR count). The normalized spacial score (nSPS) is 12.8. The third-order valence-corrected chi connectivity index (χ3v) is 14.7. The Labute approximate surface area is 411 Å². The number of benzene rings is 10. The molecule has 0 saturated carbocycles. The maximum atomic E-state index is 5.42. The van der Waals surface area contributed by atoms with Crippen molar-refractivity contribution in [1.82, 2.24) is 24.1 Å². The first-order valence-corrected chi connectivity index (χ1v) is 24.3. The van der Waals surface area contributed by atoms with Crippen LogP contribution in [0.1, 0.15) is 25.0 Å². The van der Waals surface area contributed by atoms with E-state index in [1.54, 1.807) is 0 Å². The monoisotopic (exact) mass is 907 g/mol. The van der Waals surface area contributed by atoms with E-state index in [9.17, 15) is 0 Å². The van der Waals surface area contributed by atoms with Gasteiger partial charge in [0.05, 0.1) is 22.1 Å². The quantitative estimate of drug-likeness (QED) is 0.160. The lowest BCUT2D eigenvalue weighted by molar-refractivity contribution is 0.660. The minimum absolute atomic E-state index is 0.174. The van der Waals surface area contributed by atoms with Gasteiger partial charge in [0, 0.05) is 55.0 Å². The van der Waals surface area contributed by atoms with Crippen LogP contribution in [0.5, 0.6) is 0 Å². The second-order valence-electron chi connectivity index (χ2n) is 19.2. The Hall–Kier alpha value is -9.19. The minimum Gasteiger partial charge on any atom is -0.309 e. The number of nitrogens with zero attached hydrogens (tertiary/aromatic N) is 5. The largest absolute Gasteiger partial charge is 0.309 e. The van der Waals surface area contributed by atoms with Gasteiger partial charge in [-0.05, 0) is 129 Å². The van der Waals surface area contributed by atoms with Crippen LogP contribution in [0, 0.1) is 0 Å². The lowest BCUT2D eigenvalue weighted by atomic mass is 9.82. The second-order valence-corrected chi connectivity index (χ2v) is 19.2. The van der Waals surface area contributed by atoms with Crippen molar-refractivity contribution < 1.29 is 0 Å². The Kier molecular flexibility index (Phi) is 9.17. The van der Waals surface area contributed by atoms with Crippen LogP contribution in [0.15, 0.2) is 237 Å². The zero-order chi connectivity index (χ0) is 47.2. The number of hydrogen-bond donors (Lipinski definition) is 0. The molecular weight excluding hydrogens is 863 g/mol. The van der Waals surface area contributed by atoms with Crippen LogP contribution in [0.4, 0.5) is 0 Å². The van der Waals surface area contributed by atoms with Gasteiger partial charge in [-0.15, -0.1) is 0 Å². The van der Waals surface area contributed by atoms with E-state index in [0.717, 1.165) is 61.4 Å². The first-order chi connectivity index (χ1) is 34.9. The molecule has 0 bridgehead atoms. The van der Waals surface area contributed by atoms with Crippen LogP contribution >= 0.6 is 0 Å². The number of hydrogen-bond acceptors (Lipinski definition) is 3. The van der Waals surface area contributed by atoms with Crippen molar-refractivity contribution in [3.05, 3.63) is 248 Å². The molecule has 0 aliphatic heterocycles. The molecule has 71 heavy (non-hydrogen) atoms. The molecule has 0 unspecified atom stereocenters. The summed E-state index contributed by atoms with van der Waals surface area (Å²) in [6.07, 6.45) is 0. The van der Waals surface area contributed by atoms with E-state index in [-0.39, 0.29) is 5.41 Å². The van der Waals surface area contributed by atoms with Crippen molar-refractivity contribution in [2.24, 2.45) is 0 Å². The van der Waals surface area contributed by atoms with E-state index >= 15 is 0 Å². The van der Waals surface area contributed by atoms with Crippen molar-refractivity contribution >= 4 is 43.6 Å². The fourth-order valence-electron chi connectivity index (χ4n) is 11.3. The predicted octanol–water partition coefficient (Wildman–Crippen LogP) is 16.7. The van der Waals surface area contributed by atoms with Crippen molar-refractivity contribution in [1.29, 1.82) is 0 Å². The number of rotatable bonds is 7. The third-order valence-electron chi connectivity index (χ3n) is 14.7. The summed E-state index contributed by atoms with van der Waals surface area (Å²) in [6, 6.07) is 85.1. The first kappa shape index (κ1) is 40.8. The van der Waals surface area contributed by atoms with Crippen molar-refractivity contribution in [2.75, 3.05) is 0 Å². The summed E-state index contributed by atoms with van der Waals surface area (Å²) in [5, 5.41) is 4.80. The molecule has 3 heterocycles. The van der Waals surface area contributed by atoms with Crippen LogP contribution in [0.2, 0.25) is 0 Å². The van der Waals surface area contributed by atoms with Gasteiger partial charge >= 0.3 is 0 Å². The summed E-state index contributed by atoms with van der Waals surface area (Å²) in [6.45, 7) is 4.63. The molecule has 0 amide bonds. The molecule has 0 atom stereocenters. The minimum atomic E-state index is -0.174. The zero-order valence-electron chi connectivity index (χ0n) is 39.3. The van der Waals surface area contributed by atoms with E-state index < -0.39 is 0 Å². The third kappa shape index (κ3) is 6.58. The Balaban J connectivity index is 0.995. The van der Waals surface area contributed by atoms with Crippen molar-refractivity contribution in [3.8, 4) is 78.9 Å². The maximum absolute atomic E-state index is 5.42. The molecule has 0 radical (unpaired) electrons. The van der Waals surface area contributed by atoms with E-state index in [2.05, 4.69) is 241 Å². The van der Waals surface area contributed by atoms with Gasteiger partial charge in [-0.2, -0.15) is 0 Å². The molecule has 3 aromatic heterocycles. The highest BCUT2D eigenvalue weighted by Gasteiger charge is 2.35. The van der Waals surface area contributed by atoms with Gasteiger partial charge < -0.3 is 9.13 Å². The molecular formula is C66H45N5. The van der Waals surface area contributed by atoms with Crippen molar-refractivity contribution in [2.45, 2.75) is 19.3 Å². The van der Waals surface area contributed by atoms with E-state index in [1.807, 2.05) is 18.2 Å². The lowest BCUT2D eigenvalue weighted by Gasteiger charge is -2.21. The number of fused-ring (bicyclic) bond motifs is 9. The Morgan fingerprint density at radius 1 is 0.282 bits per heavy atom. The highest BCUT2D eigenvalue weighted by molar-refractivity contribution is 6.12. The van der Waals surface area contributed by atoms with Gasteiger partial charge in [0.25, 0.3) is 0 Å². The Morgan fingerprint density at radius 2 is 0.704 bits per heavy atom. The molecule has 0 fully saturated rings. The molecule has 5 nitrogen and oxygen atoms in total. The molecule has 13 aromatic rings. The van der Waals surface area contributed by atoms with Crippen molar-refractivity contribution in [3.63, 3.8) is 0 Å². The van der Waals surface area contributed by atoms with Crippen LogP contribution < -0.4 is 0 Å². The first-order valence-electron chi connectivity index (χ1n) is 24.3. The summed E-state index contributed by atoms with van der Waals surface area (Å²) in [7, 11) is 0. The molecule has 1 aliphatic rings. The highest BCUT2D eigenvalue weighted by Crippen LogP contribution is 2.49. The van der Waals surface area contributed by atoms with E-state index in [1.165, 1.54) is 54.8 Å². The zero-order valence-corrected chi connectivity index (χ0v) is 39.3. The highest BCUT2D eigenvalue weighted by atomic mass is 15.0. The van der Waals surface area contributed by atoms with Gasteiger partial charge in [-0.3, -0.25) is 0 Å². The van der Waals surface area contributed by atoms with Gasteiger partial charge in [0.2, 0.25) is 0 Å². The van der Waals surface area contributed by atoms with Gasteiger partial charge in [0.1, 0.15) is 0 Å². The van der Waals surface area contributed by atoms with Crippen LogP contribution in [0.25, 0.3) is 123 Å². The predicted molar refractivity (Wildman–Crippen MR) is 293 cm³/mol. The van der Waals surface area contributed by atoms with E-state index in [4.69, 9.17) is 15.0 Å². The summed E-state index contributed by atoms with van der Waals surface area (Å²) in [5.74, 6) is 1.88. The molecule has 0 spiro atoms. The summed E-state index contributed by atoms with van der Waals surface area (Å²) in [4.78, 5) is 16.0. The molecule has 5 heteroatoms. The molecule has 0 saturated heterocycles. The standard InChI is InChI=1S/C66H45N5/c1-66(2)57-27-15-12-24-51(57)52-33-30-45(41-58(52)66)64-67-63(42-18-6-3-7-19-42)68-65(69-64)48-37-46(43-31-34-61-55(39-43)53-25-13-16-28-59(53)70(61)49-20-8-4-9-21-49)36-47(38-48)44-32-35-62-56(40-44)54-26-14-17-29-60(54)71(62)50-22-10-5-11-23-50/h3-41H,1-2H3. The van der Waals surface area contributed by atoms with E-state index in [0.29, 0.717) is 17.5 Å². The Bertz CT molecular complexity index is 4070. The maximum Gasteiger partial charge on any atom is 0.164 e. The van der Waals surface area contributed by atoms with Crippen LogP contribution in [-0.2, 0) is 5.41 Å². The Morgan fingerprint density at radius 3 is 1.28 bits per heavy atom. The lowest BCUT2D eigenvalue weighted by Crippen LogP contribution is -2.15. The smallest absolute Gasteiger partial charge is 0.164 e. The molecule has 10 aromatic carbocycles. The summed E-state index contributed by atoms with van der Waals surface area (Å²) < 4.78 is 4.74. The van der Waals surface area contributed by atoms with Gasteiger partial charge in [-0.25, -0.2) is 15.0 Å². The molecule has 334 valence electrons. The van der Waals surface area contributed by atoms with Crippen LogP contribution in [-0.4, -0.2) is 24.1 Å². The molecule has 0 N–H and O–H groups in total. The fraction of sp³-hybridized carbons (Fsp3) is 0.0455. The number of para-hydroxylation sites is 4. The fourth-order valence-corrected chi connectivity index (χ4v) is 11.3. The van der Waals surface area contributed by atoms with Gasteiger partial charge in [0.15, 0.2) is 17.5 Å². The average Bonchev–Trinajstić information content (AvgIpc) is 4.03. The van der Waals surface area contributed by atoms with Crippen LogP contribution in [0.3, 0.4) is 0 Å². The SMILES string of the molecule is CC1(C)c2ccccc2-c2ccc(-c3nc(-c4ccccc4)nc(-c4cc(-c5ccc6c(c5)c5ccccc5n6-c5ccccc5)cc(-c5ccc6c(c5)c5ccccc5n6-c5ccccc5)c4)n3)cc21. The summed E-state index contributed by atoms with van der Waals surface area (Å²) in [5.41, 5.74) is 19.1. The number of aromatic nitrogens is 5. The summed E-state index contributed by atoms with van der Waals surface area (Å²) >= 11 is 0. The second kappa shape index (κ2) is 15.9. The average molecular weight is 908 g/mol. The van der Waals surface area contributed by atoms with Gasteiger partial charge in [-0.1, -0.05) is 166 Å². The molecule has 1 aliphatic carbocycles. The topological polar surface area (TPSA) is 48.5 Å².